The molecule has 6 amide bonds. The summed E-state index contributed by atoms with van der Waals surface area (Å²) in [4.78, 5) is 112. The number of aromatic nitrogens is 11. The summed E-state index contributed by atoms with van der Waals surface area (Å²) in [7, 11) is 1.82. The number of benzene rings is 3. The van der Waals surface area contributed by atoms with Gasteiger partial charge in [-0.2, -0.15) is 5.10 Å². The highest BCUT2D eigenvalue weighted by Crippen LogP contribution is 2.35. The summed E-state index contributed by atoms with van der Waals surface area (Å²) in [6.45, 7) is 17.7. The van der Waals surface area contributed by atoms with Gasteiger partial charge in [-0.25, -0.2) is 29.9 Å². The third kappa shape index (κ3) is 19.6. The molecule has 12 heterocycles. The van der Waals surface area contributed by atoms with Crippen LogP contribution >= 0.6 is 23.2 Å². The van der Waals surface area contributed by atoms with Crippen LogP contribution in [0.25, 0.3) is 33.8 Å². The molecule has 0 aliphatic carbocycles. The average Bonchev–Trinajstić information content (AvgIpc) is 1.65. The first kappa shape index (κ1) is 83.5. The molecule has 9 N–H and O–H groups in total. The van der Waals surface area contributed by atoms with Gasteiger partial charge in [0.2, 0.25) is 35.6 Å². The van der Waals surface area contributed by atoms with Gasteiger partial charge in [-0.05, 0) is 115 Å². The molecule has 2 fully saturated rings. The summed E-state index contributed by atoms with van der Waals surface area (Å²) >= 11 is 12.9. The SMILES string of the molecule is Cc1cccc([C@@H](CO)NC(=O)[C@@H](C)N2CCn3cc(-c4nc(NC5CCOCC5)ncc4Cl)cc3C2=O)c1.Cc1cccc([C@@H](CO)NC(=O)[C@H](C)N2CCn3cc(-c4nc(NC5CCOCC5)ncc4Cl)cc3C2=O)c1.Cc1cccc([C@@H](CO)NC(=O)[C@H](C)N2CCn3cc(-c4nc(Nc5ccnn5C)ncc4C)cc3C2=O)c1. The van der Waals surface area contributed by atoms with Crippen molar-refractivity contribution >= 4 is 82.3 Å². The van der Waals surface area contributed by atoms with Crippen molar-refractivity contribution in [3.63, 3.8) is 0 Å². The number of hydrogen-bond acceptors (Lipinski definition) is 21. The van der Waals surface area contributed by atoms with Crippen LogP contribution in [0.1, 0.15) is 135 Å². The molecule has 6 atom stereocenters. The second kappa shape index (κ2) is 37.7. The number of aliphatic hydroxyl groups is 3. The Morgan fingerprint density at radius 2 is 0.829 bits per heavy atom. The third-order valence-corrected chi connectivity index (χ3v) is 22.2. The van der Waals surface area contributed by atoms with E-state index in [-0.39, 0.29) is 67.3 Å². The van der Waals surface area contributed by atoms with Crippen LogP contribution in [0.3, 0.4) is 0 Å². The van der Waals surface area contributed by atoms with Crippen LogP contribution in [0.4, 0.5) is 23.7 Å². The van der Waals surface area contributed by atoms with Gasteiger partial charge in [0.1, 0.15) is 41.0 Å². The Labute approximate surface area is 687 Å². The Morgan fingerprint density at radius 1 is 0.479 bits per heavy atom. The van der Waals surface area contributed by atoms with Crippen LogP contribution in [0, 0.1) is 27.7 Å². The van der Waals surface area contributed by atoms with Gasteiger partial charge in [0.05, 0.1) is 83.7 Å². The van der Waals surface area contributed by atoms with Crippen LogP contribution in [-0.2, 0) is 50.5 Å². The molecule has 117 heavy (non-hydrogen) atoms. The lowest BCUT2D eigenvalue weighted by molar-refractivity contribution is -0.127. The van der Waals surface area contributed by atoms with Gasteiger partial charge in [-0.3, -0.25) is 33.4 Å². The minimum absolute atomic E-state index is 0.230. The lowest BCUT2D eigenvalue weighted by Gasteiger charge is -2.33. The first-order valence-corrected chi connectivity index (χ1v) is 40.0. The lowest BCUT2D eigenvalue weighted by Crippen LogP contribution is -2.52. The van der Waals surface area contributed by atoms with Crippen LogP contribution in [-0.4, -0.2) is 215 Å². The van der Waals surface area contributed by atoms with Gasteiger partial charge < -0.3 is 85.1 Å². The van der Waals surface area contributed by atoms with Crippen molar-refractivity contribution < 1.29 is 53.6 Å². The molecule has 614 valence electrons. The molecule has 0 saturated carbocycles. The minimum atomic E-state index is -0.721. The van der Waals surface area contributed by atoms with Crippen molar-refractivity contribution in [2.24, 2.45) is 7.05 Å². The fraction of sp³-hybridized carbons (Fsp3) is 0.393. The number of carbonyl (C=O) groups excluding carboxylic acids is 6. The van der Waals surface area contributed by atoms with E-state index >= 15 is 0 Å². The number of nitrogens with zero attached hydrogens (tertiary/aromatic N) is 14. The molecular formula is C84H98Cl2N20O11. The second-order valence-electron chi connectivity index (χ2n) is 30.0. The number of anilines is 4. The van der Waals surface area contributed by atoms with Crippen molar-refractivity contribution in [2.75, 3.05) is 81.8 Å². The van der Waals surface area contributed by atoms with Gasteiger partial charge in [0.15, 0.2) is 0 Å². The number of aryl methyl sites for hydroxylation is 5. The largest absolute Gasteiger partial charge is 0.394 e. The van der Waals surface area contributed by atoms with Crippen molar-refractivity contribution in [1.82, 2.24) is 84.0 Å². The molecule has 31 nitrogen and oxygen atoms in total. The van der Waals surface area contributed by atoms with E-state index in [1.54, 1.807) is 77.1 Å². The van der Waals surface area contributed by atoms with Gasteiger partial charge in [0, 0.05) is 132 Å². The Morgan fingerprint density at radius 3 is 1.17 bits per heavy atom. The number of amides is 6. The van der Waals surface area contributed by atoms with Crippen molar-refractivity contribution in [2.45, 2.75) is 142 Å². The normalized spacial score (nSPS) is 16.5. The number of rotatable bonds is 24. The summed E-state index contributed by atoms with van der Waals surface area (Å²) < 4.78 is 18.2. The van der Waals surface area contributed by atoms with Crippen molar-refractivity contribution in [3.8, 4) is 33.8 Å². The third-order valence-electron chi connectivity index (χ3n) is 21.7. The maximum atomic E-state index is 13.5. The highest BCUT2D eigenvalue weighted by atomic mass is 35.5. The number of aliphatic hydroxyl groups excluding tert-OH is 3. The summed E-state index contributed by atoms with van der Waals surface area (Å²) in [6, 6.07) is 26.7. The average molecular weight is 1630 g/mol. The van der Waals surface area contributed by atoms with Gasteiger partial charge >= 0.3 is 0 Å². The summed E-state index contributed by atoms with van der Waals surface area (Å²) in [6.07, 6.45) is 15.7. The van der Waals surface area contributed by atoms with Gasteiger partial charge in [-0.1, -0.05) is 113 Å². The Bertz CT molecular complexity index is 5040. The number of nitrogens with one attached hydrogen (secondary N) is 6. The minimum Gasteiger partial charge on any atom is -0.394 e. The van der Waals surface area contributed by atoms with Gasteiger partial charge in [0.25, 0.3) is 17.7 Å². The molecule has 0 unspecified atom stereocenters. The van der Waals surface area contributed by atoms with Crippen LogP contribution in [0.5, 0.6) is 0 Å². The van der Waals surface area contributed by atoms with E-state index in [0.29, 0.717) is 139 Å². The standard InChI is InChI=1S/2C28H33ClN6O4.C28H32N8O3/c2*1-17-4-3-5-19(12-17)23(16-36)32-26(37)18(2)35-9-8-34-15-20(13-24(34)27(35)38)25-22(29)14-30-28(33-25)31-21-6-10-39-11-7-21;1-17-6-5-7-20(12-17)22(16-37)31-26(38)19(3)36-11-10-35-15-21(13-23(35)27(36)39)25-18(2)14-29-28(33-25)32-24-8-9-30-34(24)4/h2*3-5,12-15,18,21,23,36H,6-11,16H2,1-2H3,(H,32,37)(H,30,31,33);5-9,12-15,19,22,37H,10-11,16H2,1-4H3,(H,31,38)(H,29,32,33)/t18-,23+;18-,23-;19-,22+/m010/s1. The van der Waals surface area contributed by atoms with E-state index in [9.17, 15) is 44.1 Å². The second-order valence-corrected chi connectivity index (χ2v) is 30.8. The monoisotopic (exact) mass is 1630 g/mol. The van der Waals surface area contributed by atoms with E-state index in [1.165, 1.54) is 0 Å². The molecule has 2 saturated heterocycles. The number of carbonyl (C=O) groups is 6. The molecule has 0 spiro atoms. The summed E-state index contributed by atoms with van der Waals surface area (Å²) in [5.74, 6) is 0.436. The fourth-order valence-electron chi connectivity index (χ4n) is 14.9. The van der Waals surface area contributed by atoms with E-state index < -0.39 is 36.3 Å². The molecule has 5 aliphatic rings. The van der Waals surface area contributed by atoms with E-state index in [2.05, 4.69) is 61.9 Å². The Balaban J connectivity index is 0.000000152. The predicted octanol–water partition coefficient (Wildman–Crippen LogP) is 9.12. The molecule has 0 radical (unpaired) electrons. The highest BCUT2D eigenvalue weighted by Gasteiger charge is 2.38. The Kier molecular flexibility index (Phi) is 26.9. The summed E-state index contributed by atoms with van der Waals surface area (Å²) in [5.41, 5.74) is 11.8. The smallest absolute Gasteiger partial charge is 0.271 e. The molecule has 7 aromatic heterocycles. The molecule has 0 bridgehead atoms. The van der Waals surface area contributed by atoms with Crippen molar-refractivity contribution in [3.05, 3.63) is 207 Å². The fourth-order valence-corrected chi connectivity index (χ4v) is 15.3. The highest BCUT2D eigenvalue weighted by molar-refractivity contribution is 6.33. The maximum absolute atomic E-state index is 13.5. The number of hydrogen-bond donors (Lipinski definition) is 9. The zero-order valence-electron chi connectivity index (χ0n) is 66.5. The number of ether oxygens (including phenoxy) is 2. The topological polar surface area (TPSA) is 373 Å². The van der Waals surface area contributed by atoms with Gasteiger partial charge in [-0.15, -0.1) is 0 Å². The lowest BCUT2D eigenvalue weighted by atomic mass is 10.0. The van der Waals surface area contributed by atoms with Crippen LogP contribution in [0.15, 0.2) is 140 Å². The van der Waals surface area contributed by atoms with E-state index in [1.807, 2.05) is 152 Å². The zero-order valence-corrected chi connectivity index (χ0v) is 68.1. The first-order valence-electron chi connectivity index (χ1n) is 39.2. The van der Waals surface area contributed by atoms with E-state index in [4.69, 9.17) is 37.7 Å². The first-order chi connectivity index (χ1) is 56.4. The predicted molar refractivity (Wildman–Crippen MR) is 441 cm³/mol. The molecule has 10 aromatic rings. The Hall–Kier alpha value is -11.5. The molecule has 33 heteroatoms. The summed E-state index contributed by atoms with van der Waals surface area (Å²) in [5, 5.41) is 53.2. The number of fused-ring (bicyclic) bond motifs is 3. The van der Waals surface area contributed by atoms with Crippen molar-refractivity contribution in [1.29, 1.82) is 0 Å². The molecule has 5 aliphatic heterocycles. The maximum Gasteiger partial charge on any atom is 0.271 e. The zero-order chi connectivity index (χ0) is 82.7. The molecule has 15 rings (SSSR count). The quantitative estimate of drug-likeness (QED) is 0.0272. The molecular weight excluding hydrogens is 1540 g/mol. The van der Waals surface area contributed by atoms with E-state index in [0.717, 1.165) is 76.0 Å². The molecule has 3 aromatic carbocycles. The van der Waals surface area contributed by atoms with Crippen LogP contribution in [0.2, 0.25) is 10.0 Å². The number of halogens is 2. The van der Waals surface area contributed by atoms with Crippen LogP contribution < -0.4 is 31.9 Å².